The largest absolute Gasteiger partial charge is 0.508 e. The molecule has 0 heterocycles. The number of methoxy groups -OCH3 is 1. The first-order chi connectivity index (χ1) is 6.77. The molecular weight excluding hydrogens is 178 g/mol. The second kappa shape index (κ2) is 4.79. The van der Waals surface area contributed by atoms with Gasteiger partial charge in [0.2, 0.25) is 0 Å². The summed E-state index contributed by atoms with van der Waals surface area (Å²) in [4.78, 5) is 0. The van der Waals surface area contributed by atoms with Gasteiger partial charge in [-0.25, -0.2) is 0 Å². The zero-order chi connectivity index (χ0) is 10.4. The van der Waals surface area contributed by atoms with Crippen molar-refractivity contribution in [1.29, 1.82) is 5.26 Å². The van der Waals surface area contributed by atoms with Gasteiger partial charge >= 0.3 is 0 Å². The summed E-state index contributed by atoms with van der Waals surface area (Å²) in [5, 5.41) is 17.5. The highest BCUT2D eigenvalue weighted by molar-refractivity contribution is 5.49. The van der Waals surface area contributed by atoms with Gasteiger partial charge in [-0.3, -0.25) is 0 Å². The van der Waals surface area contributed by atoms with Crippen LogP contribution in [0, 0.1) is 23.2 Å². The Bertz CT molecular complexity index is 421. The molecule has 0 radical (unpaired) electrons. The van der Waals surface area contributed by atoms with E-state index in [1.165, 1.54) is 19.2 Å². The van der Waals surface area contributed by atoms with E-state index < -0.39 is 0 Å². The topological polar surface area (TPSA) is 53.2 Å². The fourth-order valence-corrected chi connectivity index (χ4v) is 0.962. The van der Waals surface area contributed by atoms with E-state index in [4.69, 9.17) is 15.1 Å². The molecule has 0 aliphatic carbocycles. The summed E-state index contributed by atoms with van der Waals surface area (Å²) < 4.78 is 5.01. The van der Waals surface area contributed by atoms with Crippen molar-refractivity contribution in [1.82, 2.24) is 0 Å². The average molecular weight is 187 g/mol. The maximum Gasteiger partial charge on any atom is 0.138 e. The minimum Gasteiger partial charge on any atom is -0.508 e. The molecule has 0 spiro atoms. The fraction of sp³-hybridized carbons (Fsp3) is 0.182. The van der Waals surface area contributed by atoms with Crippen molar-refractivity contribution in [3.63, 3.8) is 0 Å². The van der Waals surface area contributed by atoms with E-state index in [1.54, 1.807) is 6.07 Å². The third kappa shape index (κ3) is 2.43. The van der Waals surface area contributed by atoms with Crippen LogP contribution in [0.5, 0.6) is 11.5 Å². The molecule has 0 aromatic heterocycles. The molecule has 14 heavy (non-hydrogen) atoms. The minimum absolute atomic E-state index is 0.132. The van der Waals surface area contributed by atoms with Crippen LogP contribution >= 0.6 is 0 Å². The number of benzene rings is 1. The first-order valence-corrected chi connectivity index (χ1v) is 4.00. The standard InChI is InChI=1S/C11H9NO2/c1-14-11-8-10(13)6-5-9(11)4-2-3-7-12/h5-6,8,13H,3H2,1H3. The summed E-state index contributed by atoms with van der Waals surface area (Å²) in [7, 11) is 1.50. The van der Waals surface area contributed by atoms with Crippen molar-refractivity contribution < 1.29 is 9.84 Å². The molecule has 0 amide bonds. The van der Waals surface area contributed by atoms with Crippen molar-refractivity contribution in [3.8, 4) is 29.4 Å². The maximum absolute atomic E-state index is 9.16. The predicted molar refractivity (Wildman–Crippen MR) is 51.8 cm³/mol. The average Bonchev–Trinajstić information content (AvgIpc) is 2.20. The SMILES string of the molecule is COc1cc(O)ccc1C#CCC#N. The number of phenols is 1. The number of aromatic hydroxyl groups is 1. The maximum atomic E-state index is 9.16. The molecular formula is C11H9NO2. The molecule has 0 atom stereocenters. The Morgan fingerprint density at radius 2 is 2.29 bits per heavy atom. The first-order valence-electron chi connectivity index (χ1n) is 4.00. The molecule has 1 aromatic rings. The van der Waals surface area contributed by atoms with Crippen LogP contribution in [0.4, 0.5) is 0 Å². The Hall–Kier alpha value is -2.13. The van der Waals surface area contributed by atoms with E-state index in [9.17, 15) is 0 Å². The van der Waals surface area contributed by atoms with Crippen molar-refractivity contribution in [2.24, 2.45) is 0 Å². The van der Waals surface area contributed by atoms with Gasteiger partial charge in [-0.05, 0) is 12.1 Å². The number of nitriles is 1. The van der Waals surface area contributed by atoms with Gasteiger partial charge < -0.3 is 9.84 Å². The molecule has 1 N–H and O–H groups in total. The lowest BCUT2D eigenvalue weighted by Crippen LogP contribution is -1.86. The molecule has 0 bridgehead atoms. The zero-order valence-corrected chi connectivity index (χ0v) is 7.74. The van der Waals surface area contributed by atoms with Crippen molar-refractivity contribution in [2.75, 3.05) is 7.11 Å². The van der Waals surface area contributed by atoms with E-state index in [0.29, 0.717) is 11.3 Å². The van der Waals surface area contributed by atoms with E-state index in [2.05, 4.69) is 11.8 Å². The Kier molecular flexibility index (Phi) is 3.41. The Balaban J connectivity index is 2.99. The van der Waals surface area contributed by atoms with Crippen LogP contribution in [-0.2, 0) is 0 Å². The highest BCUT2D eigenvalue weighted by atomic mass is 16.5. The third-order valence-corrected chi connectivity index (χ3v) is 1.58. The summed E-state index contributed by atoms with van der Waals surface area (Å²) >= 11 is 0. The van der Waals surface area contributed by atoms with Crippen LogP contribution in [0.25, 0.3) is 0 Å². The van der Waals surface area contributed by atoms with Crippen molar-refractivity contribution >= 4 is 0 Å². The smallest absolute Gasteiger partial charge is 0.138 e. The van der Waals surface area contributed by atoms with Gasteiger partial charge in [0, 0.05) is 6.07 Å². The van der Waals surface area contributed by atoms with Gasteiger partial charge in [-0.1, -0.05) is 11.8 Å². The lowest BCUT2D eigenvalue weighted by molar-refractivity contribution is 0.406. The molecule has 1 aromatic carbocycles. The number of ether oxygens (including phenoxy) is 1. The fourth-order valence-electron chi connectivity index (χ4n) is 0.962. The molecule has 3 nitrogen and oxygen atoms in total. The van der Waals surface area contributed by atoms with Crippen molar-refractivity contribution in [3.05, 3.63) is 23.8 Å². The second-order valence-corrected chi connectivity index (χ2v) is 2.52. The van der Waals surface area contributed by atoms with Gasteiger partial charge in [0.1, 0.15) is 11.5 Å². The molecule has 0 aliphatic rings. The highest BCUT2D eigenvalue weighted by Crippen LogP contribution is 2.22. The van der Waals surface area contributed by atoms with Gasteiger partial charge in [0.25, 0.3) is 0 Å². The van der Waals surface area contributed by atoms with E-state index in [1.807, 2.05) is 6.07 Å². The normalized spacial score (nSPS) is 8.29. The highest BCUT2D eigenvalue weighted by Gasteiger charge is 2.00. The predicted octanol–water partition coefficient (Wildman–Crippen LogP) is 1.67. The molecule has 0 unspecified atom stereocenters. The molecule has 70 valence electrons. The van der Waals surface area contributed by atoms with Gasteiger partial charge in [0.15, 0.2) is 0 Å². The third-order valence-electron chi connectivity index (χ3n) is 1.58. The van der Waals surface area contributed by atoms with Gasteiger partial charge in [-0.2, -0.15) is 5.26 Å². The Labute approximate surface area is 82.6 Å². The van der Waals surface area contributed by atoms with Crippen LogP contribution in [0.3, 0.4) is 0 Å². The minimum atomic E-state index is 0.132. The van der Waals surface area contributed by atoms with E-state index in [-0.39, 0.29) is 12.2 Å². The quantitative estimate of drug-likeness (QED) is 0.680. The Morgan fingerprint density at radius 1 is 1.50 bits per heavy atom. The summed E-state index contributed by atoms with van der Waals surface area (Å²) in [5.74, 6) is 6.10. The van der Waals surface area contributed by atoms with Gasteiger partial charge in [-0.15, -0.1) is 0 Å². The summed E-state index contributed by atoms with van der Waals surface area (Å²) in [5.41, 5.74) is 0.667. The zero-order valence-electron chi connectivity index (χ0n) is 7.74. The molecule has 0 aliphatic heterocycles. The number of hydrogen-bond acceptors (Lipinski definition) is 3. The molecule has 1 rings (SSSR count). The van der Waals surface area contributed by atoms with Crippen LogP contribution < -0.4 is 4.74 Å². The number of hydrogen-bond donors (Lipinski definition) is 1. The Morgan fingerprint density at radius 3 is 2.93 bits per heavy atom. The molecule has 0 saturated heterocycles. The van der Waals surface area contributed by atoms with Crippen LogP contribution in [0.2, 0.25) is 0 Å². The number of rotatable bonds is 1. The first kappa shape index (κ1) is 9.95. The summed E-state index contributed by atoms with van der Waals surface area (Å²) in [6.07, 6.45) is 0.185. The van der Waals surface area contributed by atoms with E-state index in [0.717, 1.165) is 0 Å². The van der Waals surface area contributed by atoms with Crippen molar-refractivity contribution in [2.45, 2.75) is 6.42 Å². The number of phenolic OH excluding ortho intramolecular Hbond substituents is 1. The van der Waals surface area contributed by atoms with Crippen LogP contribution in [0.15, 0.2) is 18.2 Å². The van der Waals surface area contributed by atoms with Crippen LogP contribution in [-0.4, -0.2) is 12.2 Å². The molecule has 3 heteroatoms. The lowest BCUT2D eigenvalue weighted by Gasteiger charge is -2.02. The summed E-state index contributed by atoms with van der Waals surface area (Å²) in [6.45, 7) is 0. The number of nitrogens with zero attached hydrogens (tertiary/aromatic N) is 1. The van der Waals surface area contributed by atoms with Crippen LogP contribution in [0.1, 0.15) is 12.0 Å². The molecule has 0 fully saturated rings. The molecule has 0 saturated carbocycles. The summed E-state index contributed by atoms with van der Waals surface area (Å²) in [6, 6.07) is 6.58. The lowest BCUT2D eigenvalue weighted by atomic mass is 10.2. The van der Waals surface area contributed by atoms with Gasteiger partial charge in [0.05, 0.1) is 25.2 Å². The van der Waals surface area contributed by atoms with E-state index >= 15 is 0 Å². The monoisotopic (exact) mass is 187 g/mol. The second-order valence-electron chi connectivity index (χ2n) is 2.52.